The molecule has 0 amide bonds. The molecular weight excluding hydrogens is 344 g/mol. The lowest BCUT2D eigenvalue weighted by molar-refractivity contribution is -0.140. The molecule has 0 aromatic heterocycles. The van der Waals surface area contributed by atoms with E-state index in [9.17, 15) is 4.79 Å². The van der Waals surface area contributed by atoms with Crippen molar-refractivity contribution in [3.8, 4) is 11.5 Å². The summed E-state index contributed by atoms with van der Waals surface area (Å²) in [6.45, 7) is 2.01. The maximum atomic E-state index is 11.2. The van der Waals surface area contributed by atoms with Crippen molar-refractivity contribution >= 4 is 21.9 Å². The van der Waals surface area contributed by atoms with Crippen molar-refractivity contribution in [2.45, 2.75) is 27.2 Å². The predicted molar refractivity (Wildman–Crippen MR) is 92.5 cm³/mol. The van der Waals surface area contributed by atoms with Crippen LogP contribution in [0.25, 0.3) is 0 Å². The average Bonchev–Trinajstić information content (AvgIpc) is 2.48. The van der Waals surface area contributed by atoms with Gasteiger partial charge < -0.3 is 9.47 Å². The van der Waals surface area contributed by atoms with Crippen molar-refractivity contribution in [3.63, 3.8) is 0 Å². The second-order valence-corrected chi connectivity index (χ2v) is 5.64. The molecule has 0 aliphatic rings. The largest absolute Gasteiger partial charge is 0.469 e. The van der Waals surface area contributed by atoms with Crippen LogP contribution in [0.3, 0.4) is 0 Å². The molecule has 0 aliphatic heterocycles. The van der Waals surface area contributed by atoms with Gasteiger partial charge in [-0.15, -0.1) is 0 Å². The van der Waals surface area contributed by atoms with E-state index in [2.05, 4.69) is 20.7 Å². The number of rotatable bonds is 5. The van der Waals surface area contributed by atoms with E-state index in [1.54, 1.807) is 0 Å². The summed E-state index contributed by atoms with van der Waals surface area (Å²) in [5.41, 5.74) is 2.23. The highest BCUT2D eigenvalue weighted by molar-refractivity contribution is 9.10. The molecular formula is C18H21BrO3. The predicted octanol–water partition coefficient (Wildman–Crippen LogP) is 5.29. The fraction of sp³-hybridized carbons (Fsp3) is 0.278. The normalized spacial score (nSPS) is 9.77. The van der Waals surface area contributed by atoms with Crippen LogP contribution in [0.4, 0.5) is 0 Å². The molecule has 0 radical (unpaired) electrons. The van der Waals surface area contributed by atoms with Crippen molar-refractivity contribution in [3.05, 3.63) is 58.1 Å². The lowest BCUT2D eigenvalue weighted by atomic mass is 10.0. The number of methoxy groups -OCH3 is 1. The van der Waals surface area contributed by atoms with E-state index in [1.807, 2.05) is 49.4 Å². The summed E-state index contributed by atoms with van der Waals surface area (Å²) < 4.78 is 11.5. The summed E-state index contributed by atoms with van der Waals surface area (Å²) in [6.07, 6.45) is 1.07. The molecule has 0 aliphatic carbocycles. The third-order valence-corrected chi connectivity index (χ3v) is 3.72. The van der Waals surface area contributed by atoms with E-state index in [4.69, 9.17) is 4.74 Å². The van der Waals surface area contributed by atoms with Crippen molar-refractivity contribution in [1.82, 2.24) is 0 Å². The fourth-order valence-electron chi connectivity index (χ4n) is 1.99. The lowest BCUT2D eigenvalue weighted by Gasteiger charge is -2.10. The summed E-state index contributed by atoms with van der Waals surface area (Å²) >= 11 is 3.39. The number of esters is 1. The van der Waals surface area contributed by atoms with Crippen LogP contribution in [0, 0.1) is 6.92 Å². The van der Waals surface area contributed by atoms with Crippen molar-refractivity contribution in [2.75, 3.05) is 7.11 Å². The molecule has 0 bridgehead atoms. The summed E-state index contributed by atoms with van der Waals surface area (Å²) in [4.78, 5) is 11.2. The molecule has 2 aromatic carbocycles. The number of benzene rings is 2. The molecule has 0 saturated heterocycles. The SMILES string of the molecule is C.COC(=O)CCc1ccc(Oc2ccc(Br)cc2)cc1C. The number of ether oxygens (including phenoxy) is 2. The lowest BCUT2D eigenvalue weighted by Crippen LogP contribution is -2.02. The first-order valence-electron chi connectivity index (χ1n) is 6.68. The van der Waals surface area contributed by atoms with E-state index in [-0.39, 0.29) is 13.4 Å². The van der Waals surface area contributed by atoms with Gasteiger partial charge in [0.05, 0.1) is 7.11 Å². The molecule has 0 saturated carbocycles. The van der Waals surface area contributed by atoms with Crippen molar-refractivity contribution in [1.29, 1.82) is 0 Å². The highest BCUT2D eigenvalue weighted by Gasteiger charge is 2.06. The van der Waals surface area contributed by atoms with Gasteiger partial charge in [-0.2, -0.15) is 0 Å². The summed E-state index contributed by atoms with van der Waals surface area (Å²) in [5, 5.41) is 0. The maximum absolute atomic E-state index is 11.2. The summed E-state index contributed by atoms with van der Waals surface area (Å²) in [7, 11) is 1.41. The molecule has 2 rings (SSSR count). The molecule has 118 valence electrons. The number of hydrogen-bond donors (Lipinski definition) is 0. The van der Waals surface area contributed by atoms with Crippen molar-refractivity contribution < 1.29 is 14.3 Å². The Kier molecular flexibility index (Phi) is 7.12. The molecule has 0 spiro atoms. The highest BCUT2D eigenvalue weighted by Crippen LogP contribution is 2.25. The molecule has 0 atom stereocenters. The van der Waals surface area contributed by atoms with Gasteiger partial charge in [0, 0.05) is 10.9 Å². The summed E-state index contributed by atoms with van der Waals surface area (Å²) in [5.74, 6) is 1.39. The first-order valence-corrected chi connectivity index (χ1v) is 7.47. The van der Waals surface area contributed by atoms with E-state index in [0.717, 1.165) is 27.1 Å². The fourth-order valence-corrected chi connectivity index (χ4v) is 2.25. The standard InChI is InChI=1S/C17H17BrO3.CH4/c1-12-11-16(21-15-8-5-14(18)6-9-15)7-3-13(12)4-10-17(19)20-2;/h3,5-9,11H,4,10H2,1-2H3;1H4. The Morgan fingerprint density at radius 1 is 1.09 bits per heavy atom. The first-order chi connectivity index (χ1) is 10.1. The van der Waals surface area contributed by atoms with Gasteiger partial charge in [-0.25, -0.2) is 0 Å². The van der Waals surface area contributed by atoms with Crippen molar-refractivity contribution in [2.24, 2.45) is 0 Å². The van der Waals surface area contributed by atoms with E-state index >= 15 is 0 Å². The zero-order valence-electron chi connectivity index (χ0n) is 12.1. The van der Waals surface area contributed by atoms with Gasteiger partial charge in [0.25, 0.3) is 0 Å². The molecule has 4 heteroatoms. The van der Waals surface area contributed by atoms with E-state index in [1.165, 1.54) is 7.11 Å². The molecule has 0 heterocycles. The van der Waals surface area contributed by atoms with Crippen LogP contribution >= 0.6 is 15.9 Å². The Morgan fingerprint density at radius 3 is 2.32 bits per heavy atom. The Morgan fingerprint density at radius 2 is 1.73 bits per heavy atom. The molecule has 2 aromatic rings. The zero-order chi connectivity index (χ0) is 15.2. The Hall–Kier alpha value is -1.81. The number of halogens is 1. The minimum atomic E-state index is -0.190. The molecule has 0 fully saturated rings. The van der Waals surface area contributed by atoms with Gasteiger partial charge in [-0.05, 0) is 60.9 Å². The monoisotopic (exact) mass is 364 g/mol. The minimum Gasteiger partial charge on any atom is -0.469 e. The van der Waals surface area contributed by atoms with Crippen LogP contribution in [0.15, 0.2) is 46.9 Å². The van der Waals surface area contributed by atoms with Gasteiger partial charge in [0.2, 0.25) is 0 Å². The second-order valence-electron chi connectivity index (χ2n) is 4.72. The quantitative estimate of drug-likeness (QED) is 0.676. The van der Waals surface area contributed by atoms with Gasteiger partial charge in [-0.1, -0.05) is 29.4 Å². The average molecular weight is 365 g/mol. The Bertz CT molecular complexity index is 621. The van der Waals surface area contributed by atoms with Gasteiger partial charge in [0.15, 0.2) is 0 Å². The van der Waals surface area contributed by atoms with Crippen LogP contribution in [-0.4, -0.2) is 13.1 Å². The Labute approximate surface area is 140 Å². The topological polar surface area (TPSA) is 35.5 Å². The van der Waals surface area contributed by atoms with Crippen LogP contribution in [0.2, 0.25) is 0 Å². The smallest absolute Gasteiger partial charge is 0.305 e. The van der Waals surface area contributed by atoms with Gasteiger partial charge in [-0.3, -0.25) is 4.79 Å². The van der Waals surface area contributed by atoms with Crippen LogP contribution in [-0.2, 0) is 16.0 Å². The maximum Gasteiger partial charge on any atom is 0.305 e. The van der Waals surface area contributed by atoms with E-state index in [0.29, 0.717) is 12.8 Å². The second kappa shape index (κ2) is 8.59. The highest BCUT2D eigenvalue weighted by atomic mass is 79.9. The first kappa shape index (κ1) is 18.2. The Balaban J connectivity index is 0.00000242. The molecule has 0 N–H and O–H groups in total. The zero-order valence-corrected chi connectivity index (χ0v) is 13.6. The third-order valence-electron chi connectivity index (χ3n) is 3.19. The number of aryl methyl sites for hydroxylation is 2. The molecule has 0 unspecified atom stereocenters. The van der Waals surface area contributed by atoms with E-state index < -0.39 is 0 Å². The summed E-state index contributed by atoms with van der Waals surface area (Å²) in [6, 6.07) is 13.6. The van der Waals surface area contributed by atoms with Crippen LogP contribution < -0.4 is 4.74 Å². The van der Waals surface area contributed by atoms with Crippen LogP contribution in [0.1, 0.15) is 25.0 Å². The molecule has 22 heavy (non-hydrogen) atoms. The van der Waals surface area contributed by atoms with Gasteiger partial charge in [0.1, 0.15) is 11.5 Å². The van der Waals surface area contributed by atoms with Crippen LogP contribution in [0.5, 0.6) is 11.5 Å². The van der Waals surface area contributed by atoms with Gasteiger partial charge >= 0.3 is 5.97 Å². The molecule has 3 nitrogen and oxygen atoms in total. The third kappa shape index (κ3) is 5.19. The number of carbonyl (C=O) groups is 1. The number of hydrogen-bond acceptors (Lipinski definition) is 3. The number of carbonyl (C=O) groups excluding carboxylic acids is 1. The minimum absolute atomic E-state index is 0.